The first-order valence-corrected chi connectivity index (χ1v) is 10.4. The van der Waals surface area contributed by atoms with Gasteiger partial charge in [0.05, 0.1) is 10.8 Å². The van der Waals surface area contributed by atoms with Crippen LogP contribution < -0.4 is 0 Å². The second kappa shape index (κ2) is 8.03. The fourth-order valence-electron chi connectivity index (χ4n) is 3.26. The van der Waals surface area contributed by atoms with Gasteiger partial charge in [-0.25, -0.2) is 4.98 Å². The second-order valence-electron chi connectivity index (χ2n) is 6.51. The summed E-state index contributed by atoms with van der Waals surface area (Å²) >= 11 is 13.7. The summed E-state index contributed by atoms with van der Waals surface area (Å²) in [6, 6.07) is 7.20. The molecular weight excluding hydrogens is 391 g/mol. The van der Waals surface area contributed by atoms with Gasteiger partial charge >= 0.3 is 0 Å². The molecule has 0 unspecified atom stereocenters. The summed E-state index contributed by atoms with van der Waals surface area (Å²) < 4.78 is 5.41. The lowest BCUT2D eigenvalue weighted by atomic mass is 10.0. The number of aromatic amines is 1. The van der Waals surface area contributed by atoms with Gasteiger partial charge < -0.3 is 4.52 Å². The highest BCUT2D eigenvalue weighted by molar-refractivity contribution is 7.98. The first-order chi connectivity index (χ1) is 12.7. The smallest absolute Gasteiger partial charge is 0.208 e. The summed E-state index contributed by atoms with van der Waals surface area (Å²) in [5.41, 5.74) is 1.49. The molecule has 4 rings (SSSR count). The average Bonchev–Trinajstić information content (AvgIpc) is 3.35. The molecule has 0 aliphatic heterocycles. The minimum absolute atomic E-state index is 0.551. The predicted octanol–water partition coefficient (Wildman–Crippen LogP) is 5.79. The van der Waals surface area contributed by atoms with Crippen molar-refractivity contribution in [3.8, 4) is 11.3 Å². The number of nitrogens with one attached hydrogen (secondary N) is 1. The molecule has 0 atom stereocenters. The molecule has 1 saturated carbocycles. The standard InChI is InChI=1S/C18H18Cl2N4OS/c19-12-5-6-14(15(20)8-12)16-9-13(25-24-16)10-26-18-21-17(22-23-18)7-11-3-1-2-4-11/h5-6,8-9,11H,1-4,7,10H2,(H,21,22,23). The van der Waals surface area contributed by atoms with Crippen LogP contribution in [0.15, 0.2) is 33.9 Å². The van der Waals surface area contributed by atoms with E-state index < -0.39 is 0 Å². The number of H-pyrrole nitrogens is 1. The van der Waals surface area contributed by atoms with E-state index in [9.17, 15) is 0 Å². The molecule has 5 nitrogen and oxygen atoms in total. The molecule has 26 heavy (non-hydrogen) atoms. The molecule has 1 aliphatic rings. The fraction of sp³-hybridized carbons (Fsp3) is 0.389. The number of benzene rings is 1. The first-order valence-electron chi connectivity index (χ1n) is 8.62. The van der Waals surface area contributed by atoms with Gasteiger partial charge in [0.25, 0.3) is 0 Å². The summed E-state index contributed by atoms with van der Waals surface area (Å²) in [6.07, 6.45) is 6.28. The zero-order chi connectivity index (χ0) is 17.9. The second-order valence-corrected chi connectivity index (χ2v) is 8.30. The van der Waals surface area contributed by atoms with Crippen molar-refractivity contribution in [3.05, 3.63) is 45.9 Å². The van der Waals surface area contributed by atoms with Gasteiger partial charge in [-0.3, -0.25) is 5.10 Å². The van der Waals surface area contributed by atoms with Crippen molar-refractivity contribution < 1.29 is 4.52 Å². The van der Waals surface area contributed by atoms with Crippen LogP contribution in [-0.4, -0.2) is 20.3 Å². The number of rotatable bonds is 6. The molecule has 1 aromatic carbocycles. The van der Waals surface area contributed by atoms with E-state index >= 15 is 0 Å². The van der Waals surface area contributed by atoms with Gasteiger partial charge in [-0.15, -0.1) is 5.10 Å². The molecule has 136 valence electrons. The Kier molecular flexibility index (Phi) is 5.52. The molecule has 0 amide bonds. The molecule has 2 aromatic heterocycles. The largest absolute Gasteiger partial charge is 0.360 e. The molecule has 0 saturated heterocycles. The third-order valence-corrected chi connectivity index (χ3v) is 5.99. The summed E-state index contributed by atoms with van der Waals surface area (Å²) in [7, 11) is 0. The van der Waals surface area contributed by atoms with Crippen molar-refractivity contribution in [1.82, 2.24) is 20.3 Å². The number of aromatic nitrogens is 4. The van der Waals surface area contributed by atoms with Crippen LogP contribution in [0.5, 0.6) is 0 Å². The van der Waals surface area contributed by atoms with Gasteiger partial charge in [-0.2, -0.15) is 0 Å². The van der Waals surface area contributed by atoms with Crippen molar-refractivity contribution in [3.63, 3.8) is 0 Å². The highest BCUT2D eigenvalue weighted by Gasteiger charge is 2.18. The number of nitrogens with zero attached hydrogens (tertiary/aromatic N) is 3. The van der Waals surface area contributed by atoms with E-state index in [-0.39, 0.29) is 0 Å². The Labute approximate surface area is 165 Å². The first kappa shape index (κ1) is 17.9. The summed E-state index contributed by atoms with van der Waals surface area (Å²) in [4.78, 5) is 4.58. The Hall–Kier alpha value is -1.50. The average molecular weight is 409 g/mol. The van der Waals surface area contributed by atoms with Crippen LogP contribution in [0.3, 0.4) is 0 Å². The van der Waals surface area contributed by atoms with E-state index in [2.05, 4.69) is 20.3 Å². The highest BCUT2D eigenvalue weighted by Crippen LogP contribution is 2.31. The molecule has 0 radical (unpaired) electrons. The maximum Gasteiger partial charge on any atom is 0.208 e. The Balaban J connectivity index is 1.36. The molecule has 3 aromatic rings. The van der Waals surface area contributed by atoms with E-state index in [0.717, 1.165) is 34.6 Å². The molecular formula is C18H18Cl2N4OS. The van der Waals surface area contributed by atoms with Crippen molar-refractivity contribution in [1.29, 1.82) is 0 Å². The Morgan fingerprint density at radius 3 is 2.85 bits per heavy atom. The summed E-state index contributed by atoms with van der Waals surface area (Å²) in [6.45, 7) is 0. The lowest BCUT2D eigenvalue weighted by molar-refractivity contribution is 0.397. The van der Waals surface area contributed by atoms with Crippen LogP contribution in [-0.2, 0) is 12.2 Å². The SMILES string of the molecule is Clc1ccc(-c2cc(CSc3n[nH]c(CC4CCCC4)n3)on2)c(Cl)c1. The van der Waals surface area contributed by atoms with Crippen LogP contribution >= 0.6 is 35.0 Å². The molecule has 1 fully saturated rings. The molecule has 1 aliphatic carbocycles. The van der Waals surface area contributed by atoms with E-state index in [0.29, 0.717) is 21.5 Å². The van der Waals surface area contributed by atoms with Crippen LogP contribution in [0.4, 0.5) is 0 Å². The van der Waals surface area contributed by atoms with Gasteiger partial charge in [-0.1, -0.05) is 65.8 Å². The molecule has 0 spiro atoms. The maximum absolute atomic E-state index is 6.22. The van der Waals surface area contributed by atoms with Gasteiger partial charge in [0.1, 0.15) is 17.3 Å². The normalized spacial score (nSPS) is 15.0. The third kappa shape index (κ3) is 4.24. The topological polar surface area (TPSA) is 67.6 Å². The predicted molar refractivity (Wildman–Crippen MR) is 104 cm³/mol. The third-order valence-electron chi connectivity index (χ3n) is 4.58. The Morgan fingerprint density at radius 2 is 2.04 bits per heavy atom. The van der Waals surface area contributed by atoms with E-state index in [1.54, 1.807) is 12.1 Å². The van der Waals surface area contributed by atoms with Gasteiger partial charge in [0, 0.05) is 23.1 Å². The summed E-state index contributed by atoms with van der Waals surface area (Å²) in [5, 5.41) is 13.3. The number of hydrogen-bond donors (Lipinski definition) is 1. The highest BCUT2D eigenvalue weighted by atomic mass is 35.5. The molecule has 8 heteroatoms. The molecule has 2 heterocycles. The van der Waals surface area contributed by atoms with Crippen LogP contribution in [0.2, 0.25) is 10.0 Å². The lowest BCUT2D eigenvalue weighted by Gasteiger charge is -2.03. The minimum atomic E-state index is 0.551. The van der Waals surface area contributed by atoms with Crippen molar-refractivity contribution in [2.75, 3.05) is 0 Å². The van der Waals surface area contributed by atoms with Crippen LogP contribution in [0.1, 0.15) is 37.3 Å². The van der Waals surface area contributed by atoms with Gasteiger partial charge in [-0.05, 0) is 24.1 Å². The minimum Gasteiger partial charge on any atom is -0.360 e. The monoisotopic (exact) mass is 408 g/mol. The zero-order valence-corrected chi connectivity index (χ0v) is 16.4. The van der Waals surface area contributed by atoms with Crippen molar-refractivity contribution in [2.24, 2.45) is 5.92 Å². The van der Waals surface area contributed by atoms with Crippen molar-refractivity contribution in [2.45, 2.75) is 43.0 Å². The van der Waals surface area contributed by atoms with E-state index in [1.165, 1.54) is 37.4 Å². The Morgan fingerprint density at radius 1 is 1.19 bits per heavy atom. The maximum atomic E-state index is 6.22. The quantitative estimate of drug-likeness (QED) is 0.522. The Bertz CT molecular complexity index is 889. The van der Waals surface area contributed by atoms with E-state index in [4.69, 9.17) is 27.7 Å². The zero-order valence-electron chi connectivity index (χ0n) is 14.0. The lowest BCUT2D eigenvalue weighted by Crippen LogP contribution is -2.00. The fourth-order valence-corrected chi connectivity index (χ4v) is 4.46. The number of hydrogen-bond acceptors (Lipinski definition) is 5. The van der Waals surface area contributed by atoms with Gasteiger partial charge in [0.2, 0.25) is 5.16 Å². The van der Waals surface area contributed by atoms with Crippen molar-refractivity contribution >= 4 is 35.0 Å². The van der Waals surface area contributed by atoms with E-state index in [1.807, 2.05) is 12.1 Å². The number of halogens is 2. The number of thioether (sulfide) groups is 1. The van der Waals surface area contributed by atoms with Crippen LogP contribution in [0, 0.1) is 5.92 Å². The molecule has 0 bridgehead atoms. The molecule has 1 N–H and O–H groups in total. The van der Waals surface area contributed by atoms with Crippen LogP contribution in [0.25, 0.3) is 11.3 Å². The van der Waals surface area contributed by atoms with Gasteiger partial charge in [0.15, 0.2) is 0 Å². The summed E-state index contributed by atoms with van der Waals surface area (Å²) in [5.74, 6) is 3.09.